The van der Waals surface area contributed by atoms with Gasteiger partial charge in [0.2, 0.25) is 0 Å². The average molecular weight is 542 g/mol. The summed E-state index contributed by atoms with van der Waals surface area (Å²) in [6.45, 7) is 2.30. The fourth-order valence-electron chi connectivity index (χ4n) is 5.73. The molecule has 38 heavy (non-hydrogen) atoms. The van der Waals surface area contributed by atoms with Gasteiger partial charge < -0.3 is 12.4 Å². The smallest absolute Gasteiger partial charge is 0.169 e. The Kier molecular flexibility index (Phi) is 23.7. The molecule has 2 aromatic rings. The van der Waals surface area contributed by atoms with Crippen molar-refractivity contribution in [1.82, 2.24) is 0 Å². The van der Waals surface area contributed by atoms with E-state index in [4.69, 9.17) is 0 Å². The van der Waals surface area contributed by atoms with Crippen LogP contribution in [0.1, 0.15) is 160 Å². The molecule has 0 radical (unpaired) electrons. The van der Waals surface area contributed by atoms with Crippen LogP contribution in [0.4, 0.5) is 0 Å². The third-order valence-electron chi connectivity index (χ3n) is 8.15. The fraction of sp³-hybridized carbons (Fsp3) is 0.694. The first kappa shape index (κ1) is 34.7. The van der Waals surface area contributed by atoms with E-state index in [9.17, 15) is 0 Å². The van der Waals surface area contributed by atoms with Crippen LogP contribution in [-0.2, 0) is 6.42 Å². The summed E-state index contributed by atoms with van der Waals surface area (Å²) in [6, 6.07) is 18.2. The average Bonchev–Trinajstić information content (AvgIpc) is 2.94. The van der Waals surface area contributed by atoms with Gasteiger partial charge in [-0.25, -0.2) is 4.57 Å². The van der Waals surface area contributed by atoms with Crippen LogP contribution < -0.4 is 17.0 Å². The Hall–Kier alpha value is -1.34. The largest absolute Gasteiger partial charge is 1.00 e. The molecular weight excluding hydrogens is 482 g/mol. The Labute approximate surface area is 243 Å². The predicted molar refractivity (Wildman–Crippen MR) is 163 cm³/mol. The lowest BCUT2D eigenvalue weighted by molar-refractivity contribution is -0.724. The predicted octanol–water partition coefficient (Wildman–Crippen LogP) is 8.36. The summed E-state index contributed by atoms with van der Waals surface area (Å²) in [4.78, 5) is 0. The molecule has 2 heteroatoms. The molecule has 0 aliphatic heterocycles. The first-order chi connectivity index (χ1) is 18.4. The minimum absolute atomic E-state index is 0. The highest BCUT2D eigenvalue weighted by molar-refractivity contribution is 5.14. The van der Waals surface area contributed by atoms with Crippen LogP contribution in [0.25, 0.3) is 0 Å². The maximum atomic E-state index is 2.49. The molecule has 0 fully saturated rings. The quantitative estimate of drug-likeness (QED) is 0.0877. The van der Waals surface area contributed by atoms with Crippen LogP contribution in [0.15, 0.2) is 60.9 Å². The number of benzene rings is 1. The third kappa shape index (κ3) is 18.8. The van der Waals surface area contributed by atoms with Crippen molar-refractivity contribution < 1.29 is 17.0 Å². The van der Waals surface area contributed by atoms with Crippen LogP contribution >= 0.6 is 0 Å². The number of nitrogens with zero attached hydrogens (tertiary/aromatic N) is 1. The van der Waals surface area contributed by atoms with Gasteiger partial charge in [-0.15, -0.1) is 0 Å². The minimum Gasteiger partial charge on any atom is -1.00 e. The molecule has 0 saturated heterocycles. The van der Waals surface area contributed by atoms with Crippen molar-refractivity contribution >= 4 is 0 Å². The second-order valence-corrected chi connectivity index (χ2v) is 11.5. The van der Waals surface area contributed by atoms with E-state index in [1.807, 2.05) is 0 Å². The van der Waals surface area contributed by atoms with Gasteiger partial charge in [0, 0.05) is 25.0 Å². The standard InChI is InChI=1S/C36H60N.ClH/c1-2-3-4-5-6-7-8-9-10-11-14-17-24-31-36(37-33-26-20-27-34-37)32-25-18-15-12-13-16-21-28-35-29-22-19-23-30-35;/h19-20,22-23,26-27,29-30,33-34,36H,2-18,21,24-25,28,31-32H2,1H3;1H/q+1;/p-1. The first-order valence-electron chi connectivity index (χ1n) is 16.4. The lowest BCUT2D eigenvalue weighted by Crippen LogP contribution is -3.00. The van der Waals surface area contributed by atoms with E-state index >= 15 is 0 Å². The van der Waals surface area contributed by atoms with Crippen molar-refractivity contribution in [2.75, 3.05) is 0 Å². The Morgan fingerprint density at radius 2 is 0.868 bits per heavy atom. The normalized spacial score (nSPS) is 11.8. The minimum atomic E-state index is 0. The van der Waals surface area contributed by atoms with Crippen LogP contribution in [0, 0.1) is 0 Å². The lowest BCUT2D eigenvalue weighted by Gasteiger charge is -2.13. The maximum Gasteiger partial charge on any atom is 0.169 e. The number of hydrogen-bond donors (Lipinski definition) is 0. The summed E-state index contributed by atoms with van der Waals surface area (Å²) in [5, 5.41) is 0. The summed E-state index contributed by atoms with van der Waals surface area (Å²) in [5.41, 5.74) is 1.50. The monoisotopic (exact) mass is 541 g/mol. The van der Waals surface area contributed by atoms with E-state index in [1.165, 1.54) is 153 Å². The highest BCUT2D eigenvalue weighted by Gasteiger charge is 2.16. The van der Waals surface area contributed by atoms with E-state index in [2.05, 4.69) is 72.4 Å². The van der Waals surface area contributed by atoms with Crippen molar-refractivity contribution in [3.8, 4) is 0 Å². The van der Waals surface area contributed by atoms with Gasteiger partial charge in [-0.3, -0.25) is 0 Å². The maximum absolute atomic E-state index is 2.49. The molecule has 1 atom stereocenters. The number of pyridine rings is 1. The zero-order chi connectivity index (χ0) is 26.1. The van der Waals surface area contributed by atoms with E-state index in [-0.39, 0.29) is 12.4 Å². The van der Waals surface area contributed by atoms with Crippen molar-refractivity contribution in [2.24, 2.45) is 0 Å². The summed E-state index contributed by atoms with van der Waals surface area (Å²) in [6.07, 6.45) is 37.0. The molecule has 1 aromatic heterocycles. The lowest BCUT2D eigenvalue weighted by atomic mass is 9.99. The van der Waals surface area contributed by atoms with Crippen LogP contribution in [0.2, 0.25) is 0 Å². The summed E-state index contributed by atoms with van der Waals surface area (Å²) in [7, 11) is 0. The van der Waals surface area contributed by atoms with Gasteiger partial charge >= 0.3 is 0 Å². The Balaban J connectivity index is 0.00000722. The second-order valence-electron chi connectivity index (χ2n) is 11.5. The van der Waals surface area contributed by atoms with Gasteiger partial charge in [0.05, 0.1) is 0 Å². The highest BCUT2D eigenvalue weighted by Crippen LogP contribution is 2.20. The molecule has 0 amide bonds. The topological polar surface area (TPSA) is 3.88 Å². The van der Waals surface area contributed by atoms with E-state index in [0.717, 1.165) is 0 Å². The molecule has 1 heterocycles. The molecule has 1 nitrogen and oxygen atoms in total. The van der Waals surface area contributed by atoms with Crippen molar-refractivity contribution in [1.29, 1.82) is 0 Å². The van der Waals surface area contributed by atoms with Gasteiger partial charge in [0.25, 0.3) is 0 Å². The summed E-state index contributed by atoms with van der Waals surface area (Å²) >= 11 is 0. The Bertz CT molecular complexity index is 717. The molecule has 0 saturated carbocycles. The Morgan fingerprint density at radius 3 is 1.34 bits per heavy atom. The number of hydrogen-bond acceptors (Lipinski definition) is 0. The molecular formula is C36H60ClN. The number of aryl methyl sites for hydroxylation is 1. The second kappa shape index (κ2) is 25.9. The van der Waals surface area contributed by atoms with E-state index < -0.39 is 0 Å². The van der Waals surface area contributed by atoms with Crippen LogP contribution in [0.5, 0.6) is 0 Å². The van der Waals surface area contributed by atoms with Crippen molar-refractivity contribution in [2.45, 2.75) is 161 Å². The molecule has 2 rings (SSSR count). The molecule has 0 N–H and O–H groups in total. The molecule has 0 bridgehead atoms. The number of unbranched alkanes of at least 4 members (excludes halogenated alkanes) is 18. The fourth-order valence-corrected chi connectivity index (χ4v) is 5.73. The van der Waals surface area contributed by atoms with Gasteiger partial charge in [-0.1, -0.05) is 152 Å². The molecule has 0 aliphatic carbocycles. The number of aromatic nitrogens is 1. The van der Waals surface area contributed by atoms with Gasteiger partial charge in [-0.05, 0) is 31.2 Å². The number of rotatable bonds is 25. The molecule has 216 valence electrons. The van der Waals surface area contributed by atoms with Crippen LogP contribution in [-0.4, -0.2) is 0 Å². The van der Waals surface area contributed by atoms with E-state index in [0.29, 0.717) is 6.04 Å². The van der Waals surface area contributed by atoms with Crippen molar-refractivity contribution in [3.63, 3.8) is 0 Å². The summed E-state index contributed by atoms with van der Waals surface area (Å²) < 4.78 is 2.49. The first-order valence-corrected chi connectivity index (χ1v) is 16.4. The SMILES string of the molecule is CCCCCCCCCCCCCCCC(CCCCCCCCCc1ccccc1)[n+]1ccccc1.[Cl-]. The summed E-state index contributed by atoms with van der Waals surface area (Å²) in [5.74, 6) is 0. The van der Waals surface area contributed by atoms with Crippen molar-refractivity contribution in [3.05, 3.63) is 66.5 Å². The highest BCUT2D eigenvalue weighted by atomic mass is 35.5. The molecule has 0 spiro atoms. The Morgan fingerprint density at radius 1 is 0.474 bits per heavy atom. The molecule has 1 unspecified atom stereocenters. The van der Waals surface area contributed by atoms with Gasteiger partial charge in [0.1, 0.15) is 0 Å². The van der Waals surface area contributed by atoms with Gasteiger partial charge in [0.15, 0.2) is 18.4 Å². The molecule has 0 aliphatic rings. The zero-order valence-corrected chi connectivity index (χ0v) is 25.7. The third-order valence-corrected chi connectivity index (χ3v) is 8.15. The van der Waals surface area contributed by atoms with E-state index in [1.54, 1.807) is 0 Å². The number of halogens is 1. The zero-order valence-electron chi connectivity index (χ0n) is 24.9. The molecule has 1 aromatic carbocycles. The van der Waals surface area contributed by atoms with Crippen LogP contribution in [0.3, 0.4) is 0 Å². The van der Waals surface area contributed by atoms with Gasteiger partial charge in [-0.2, -0.15) is 0 Å².